The van der Waals surface area contributed by atoms with Crippen molar-refractivity contribution < 1.29 is 9.84 Å². The highest BCUT2D eigenvalue weighted by molar-refractivity contribution is 4.88. The molecule has 2 N–H and O–H groups in total. The number of aliphatic hydroxyl groups is 1. The number of aliphatic hydroxyl groups excluding tert-OH is 1. The Labute approximate surface area is 85.8 Å². The predicted octanol–water partition coefficient (Wildman–Crippen LogP) is 0.914. The van der Waals surface area contributed by atoms with Crippen LogP contribution in [0.5, 0.6) is 0 Å². The molecule has 0 spiro atoms. The number of hydrogen-bond donors (Lipinski definition) is 2. The number of nitrogens with one attached hydrogen (secondary N) is 1. The lowest BCUT2D eigenvalue weighted by atomic mass is 9.89. The van der Waals surface area contributed by atoms with Gasteiger partial charge in [0.1, 0.15) is 0 Å². The zero-order valence-corrected chi connectivity index (χ0v) is 8.91. The smallest absolute Gasteiger partial charge is 0.0954 e. The first-order valence-corrected chi connectivity index (χ1v) is 5.80. The van der Waals surface area contributed by atoms with E-state index < -0.39 is 0 Å². The normalized spacial score (nSPS) is 41.1. The second kappa shape index (κ2) is 4.60. The molecule has 2 saturated heterocycles. The molecule has 2 aliphatic heterocycles. The van der Waals surface area contributed by atoms with Crippen molar-refractivity contribution in [2.75, 3.05) is 13.2 Å². The summed E-state index contributed by atoms with van der Waals surface area (Å²) in [4.78, 5) is 0. The van der Waals surface area contributed by atoms with Crippen molar-refractivity contribution in [3.05, 3.63) is 0 Å². The molecule has 2 rings (SSSR count). The van der Waals surface area contributed by atoms with Crippen molar-refractivity contribution >= 4 is 0 Å². The molecule has 0 radical (unpaired) electrons. The molecule has 0 aromatic rings. The molecule has 82 valence electrons. The van der Waals surface area contributed by atoms with Crippen molar-refractivity contribution in [1.82, 2.24) is 5.32 Å². The first kappa shape index (κ1) is 10.4. The van der Waals surface area contributed by atoms with Crippen LogP contribution in [-0.4, -0.2) is 36.5 Å². The van der Waals surface area contributed by atoms with Crippen molar-refractivity contribution in [3.63, 3.8) is 0 Å². The van der Waals surface area contributed by atoms with Gasteiger partial charge in [-0.1, -0.05) is 6.92 Å². The van der Waals surface area contributed by atoms with E-state index in [-0.39, 0.29) is 18.2 Å². The van der Waals surface area contributed by atoms with Crippen LogP contribution < -0.4 is 5.32 Å². The molecule has 0 bridgehead atoms. The lowest BCUT2D eigenvalue weighted by Crippen LogP contribution is -2.49. The van der Waals surface area contributed by atoms with E-state index in [2.05, 4.69) is 12.2 Å². The van der Waals surface area contributed by atoms with Gasteiger partial charge in [-0.05, 0) is 38.1 Å². The monoisotopic (exact) mass is 199 g/mol. The van der Waals surface area contributed by atoms with E-state index in [0.29, 0.717) is 0 Å². The second-order valence-corrected chi connectivity index (χ2v) is 4.73. The first-order chi connectivity index (χ1) is 6.77. The molecule has 3 nitrogen and oxygen atoms in total. The SMILES string of the molecule is CC1CCNC(C(O)C2CCCO2)C1. The van der Waals surface area contributed by atoms with E-state index in [1.54, 1.807) is 0 Å². The summed E-state index contributed by atoms with van der Waals surface area (Å²) in [5, 5.41) is 13.5. The molecule has 2 fully saturated rings. The number of hydrogen-bond acceptors (Lipinski definition) is 3. The van der Waals surface area contributed by atoms with E-state index in [1.165, 1.54) is 6.42 Å². The van der Waals surface area contributed by atoms with Crippen LogP contribution in [0.3, 0.4) is 0 Å². The zero-order chi connectivity index (χ0) is 9.97. The number of ether oxygens (including phenoxy) is 1. The Kier molecular flexibility index (Phi) is 3.42. The maximum absolute atomic E-state index is 10.1. The highest BCUT2D eigenvalue weighted by Crippen LogP contribution is 2.23. The van der Waals surface area contributed by atoms with Crippen LogP contribution in [-0.2, 0) is 4.74 Å². The maximum atomic E-state index is 10.1. The molecule has 0 aromatic carbocycles. The van der Waals surface area contributed by atoms with Crippen LogP contribution in [0, 0.1) is 5.92 Å². The molecule has 0 amide bonds. The van der Waals surface area contributed by atoms with E-state index in [9.17, 15) is 5.11 Å². The highest BCUT2D eigenvalue weighted by atomic mass is 16.5. The molecule has 0 saturated carbocycles. The van der Waals surface area contributed by atoms with Gasteiger partial charge >= 0.3 is 0 Å². The Hall–Kier alpha value is -0.120. The van der Waals surface area contributed by atoms with Gasteiger partial charge in [-0.3, -0.25) is 0 Å². The molecule has 0 aromatic heterocycles. The molecule has 3 heteroatoms. The zero-order valence-electron chi connectivity index (χ0n) is 8.91. The van der Waals surface area contributed by atoms with Crippen LogP contribution in [0.15, 0.2) is 0 Å². The Morgan fingerprint density at radius 2 is 2.29 bits per heavy atom. The minimum Gasteiger partial charge on any atom is -0.389 e. The van der Waals surface area contributed by atoms with Crippen molar-refractivity contribution in [2.24, 2.45) is 5.92 Å². The summed E-state index contributed by atoms with van der Waals surface area (Å²) in [5.41, 5.74) is 0. The fourth-order valence-corrected chi connectivity index (χ4v) is 2.54. The predicted molar refractivity (Wildman–Crippen MR) is 55.2 cm³/mol. The minimum atomic E-state index is -0.305. The molecule has 2 aliphatic rings. The first-order valence-electron chi connectivity index (χ1n) is 5.80. The molecule has 4 unspecified atom stereocenters. The largest absolute Gasteiger partial charge is 0.389 e. The third kappa shape index (κ3) is 2.27. The summed E-state index contributed by atoms with van der Waals surface area (Å²) < 4.78 is 5.51. The van der Waals surface area contributed by atoms with Crippen LogP contribution >= 0.6 is 0 Å². The topological polar surface area (TPSA) is 41.5 Å². The fraction of sp³-hybridized carbons (Fsp3) is 1.00. The van der Waals surface area contributed by atoms with Crippen LogP contribution in [0.1, 0.15) is 32.6 Å². The van der Waals surface area contributed by atoms with Gasteiger partial charge in [0, 0.05) is 12.6 Å². The van der Waals surface area contributed by atoms with Gasteiger partial charge in [0.05, 0.1) is 12.2 Å². The van der Waals surface area contributed by atoms with Crippen molar-refractivity contribution in [3.8, 4) is 0 Å². The van der Waals surface area contributed by atoms with E-state index >= 15 is 0 Å². The molecule has 0 aliphatic carbocycles. The molecule has 4 atom stereocenters. The standard InChI is InChI=1S/C11H21NO2/c1-8-4-5-12-9(7-8)11(13)10-3-2-6-14-10/h8-13H,2-7H2,1H3. The van der Waals surface area contributed by atoms with Gasteiger partial charge in [-0.25, -0.2) is 0 Å². The van der Waals surface area contributed by atoms with Gasteiger partial charge in [-0.2, -0.15) is 0 Å². The Balaban J connectivity index is 1.86. The summed E-state index contributed by atoms with van der Waals surface area (Å²) in [7, 11) is 0. The van der Waals surface area contributed by atoms with Crippen LogP contribution in [0.4, 0.5) is 0 Å². The third-order valence-electron chi connectivity index (χ3n) is 3.46. The Morgan fingerprint density at radius 3 is 2.93 bits per heavy atom. The van der Waals surface area contributed by atoms with Crippen molar-refractivity contribution in [2.45, 2.75) is 50.9 Å². The van der Waals surface area contributed by atoms with Gasteiger partial charge in [0.25, 0.3) is 0 Å². The summed E-state index contributed by atoms with van der Waals surface area (Å²) in [6.07, 6.45) is 4.21. The minimum absolute atomic E-state index is 0.0813. The average molecular weight is 199 g/mol. The third-order valence-corrected chi connectivity index (χ3v) is 3.46. The quantitative estimate of drug-likeness (QED) is 0.694. The van der Waals surface area contributed by atoms with Crippen LogP contribution in [0.25, 0.3) is 0 Å². The molecule has 14 heavy (non-hydrogen) atoms. The van der Waals surface area contributed by atoms with E-state index in [1.807, 2.05) is 0 Å². The summed E-state index contributed by atoms with van der Waals surface area (Å²) in [6, 6.07) is 0.252. The lowest BCUT2D eigenvalue weighted by molar-refractivity contribution is -0.0283. The molecular formula is C11H21NO2. The highest BCUT2D eigenvalue weighted by Gasteiger charge is 2.32. The summed E-state index contributed by atoms with van der Waals surface area (Å²) in [6.45, 7) is 4.12. The van der Waals surface area contributed by atoms with Gasteiger partial charge < -0.3 is 15.2 Å². The fourth-order valence-electron chi connectivity index (χ4n) is 2.54. The van der Waals surface area contributed by atoms with Gasteiger partial charge in [0.15, 0.2) is 0 Å². The van der Waals surface area contributed by atoms with Gasteiger partial charge in [0.2, 0.25) is 0 Å². The number of piperidine rings is 1. The van der Waals surface area contributed by atoms with Gasteiger partial charge in [-0.15, -0.1) is 0 Å². The van der Waals surface area contributed by atoms with E-state index in [0.717, 1.165) is 38.3 Å². The van der Waals surface area contributed by atoms with Crippen LogP contribution in [0.2, 0.25) is 0 Å². The van der Waals surface area contributed by atoms with Crippen molar-refractivity contribution in [1.29, 1.82) is 0 Å². The Morgan fingerprint density at radius 1 is 1.43 bits per heavy atom. The summed E-state index contributed by atoms with van der Waals surface area (Å²) >= 11 is 0. The lowest BCUT2D eigenvalue weighted by Gasteiger charge is -2.33. The van der Waals surface area contributed by atoms with E-state index in [4.69, 9.17) is 4.74 Å². The average Bonchev–Trinajstić information content (AvgIpc) is 2.69. The maximum Gasteiger partial charge on any atom is 0.0954 e. The Bertz CT molecular complexity index is 180. The number of rotatable bonds is 2. The molecular weight excluding hydrogens is 178 g/mol. The molecule has 2 heterocycles. The summed E-state index contributed by atoms with van der Waals surface area (Å²) in [5.74, 6) is 0.734. The second-order valence-electron chi connectivity index (χ2n) is 4.73.